The number of benzene rings is 2. The van der Waals surface area contributed by atoms with E-state index < -0.39 is 0 Å². The Hall–Kier alpha value is -1.82. The Morgan fingerprint density at radius 2 is 1.57 bits per heavy atom. The van der Waals surface area contributed by atoms with Crippen molar-refractivity contribution in [3.63, 3.8) is 0 Å². The summed E-state index contributed by atoms with van der Waals surface area (Å²) in [6, 6.07) is 22.9. The lowest BCUT2D eigenvalue weighted by Gasteiger charge is -2.35. The van der Waals surface area contributed by atoms with E-state index >= 15 is 0 Å². The van der Waals surface area contributed by atoms with E-state index in [1.165, 1.54) is 36.5 Å². The smallest absolute Gasteiger partial charge is 0.0696 e. The molecule has 1 unspecified atom stereocenters. The molecule has 1 atom stereocenters. The SMILES string of the molecule is CC#N.CCC(CCc1ccc(C2(Cl)CC2)cc1)N(CCc1ccccc1)C(C)C. The van der Waals surface area contributed by atoms with Gasteiger partial charge in [-0.15, -0.1) is 11.6 Å². The Morgan fingerprint density at radius 3 is 2.07 bits per heavy atom. The van der Waals surface area contributed by atoms with E-state index in [0.717, 1.165) is 32.2 Å². The maximum absolute atomic E-state index is 7.32. The molecule has 0 heterocycles. The number of nitrogens with zero attached hydrogens (tertiary/aromatic N) is 2. The summed E-state index contributed by atoms with van der Waals surface area (Å²) < 4.78 is 0. The van der Waals surface area contributed by atoms with Gasteiger partial charge in [0.1, 0.15) is 0 Å². The molecule has 3 rings (SSSR count). The molecule has 1 saturated carbocycles. The molecule has 0 aliphatic heterocycles. The second-order valence-electron chi connectivity index (χ2n) is 8.55. The number of hydrogen-bond donors (Lipinski definition) is 0. The van der Waals surface area contributed by atoms with Gasteiger partial charge in [-0.1, -0.05) is 61.5 Å². The fourth-order valence-corrected chi connectivity index (χ4v) is 4.29. The van der Waals surface area contributed by atoms with E-state index in [1.54, 1.807) is 6.07 Å². The number of hydrogen-bond acceptors (Lipinski definition) is 2. The maximum atomic E-state index is 7.32. The maximum Gasteiger partial charge on any atom is 0.0696 e. The lowest BCUT2D eigenvalue weighted by Crippen LogP contribution is -2.41. The Balaban J connectivity index is 0.00000101. The van der Waals surface area contributed by atoms with Crippen LogP contribution in [0.25, 0.3) is 0 Å². The molecule has 0 radical (unpaired) electrons. The molecule has 0 N–H and O–H groups in total. The molecule has 0 spiro atoms. The van der Waals surface area contributed by atoms with Crippen molar-refractivity contribution >= 4 is 11.6 Å². The van der Waals surface area contributed by atoms with Crippen LogP contribution in [0.4, 0.5) is 0 Å². The summed E-state index contributed by atoms with van der Waals surface area (Å²) in [4.78, 5) is 2.65. The average Bonchev–Trinajstić information content (AvgIpc) is 3.50. The van der Waals surface area contributed by atoms with Gasteiger partial charge in [-0.3, -0.25) is 4.90 Å². The molecule has 2 aromatic carbocycles. The predicted molar refractivity (Wildman–Crippen MR) is 129 cm³/mol. The molecule has 0 amide bonds. The summed E-state index contributed by atoms with van der Waals surface area (Å²) in [5.74, 6) is 0. The quantitative estimate of drug-likeness (QED) is 0.380. The van der Waals surface area contributed by atoms with E-state index in [1.807, 2.05) is 0 Å². The molecule has 1 aliphatic carbocycles. The van der Waals surface area contributed by atoms with Crippen LogP contribution >= 0.6 is 11.6 Å². The highest BCUT2D eigenvalue weighted by molar-refractivity contribution is 6.25. The van der Waals surface area contributed by atoms with Crippen molar-refractivity contribution in [2.45, 2.75) is 83.2 Å². The molecule has 0 bridgehead atoms. The second kappa shape index (κ2) is 12.1. The molecule has 3 heteroatoms. The highest BCUT2D eigenvalue weighted by Gasteiger charge is 2.42. The zero-order valence-corrected chi connectivity index (χ0v) is 19.8. The predicted octanol–water partition coefficient (Wildman–Crippen LogP) is 7.11. The van der Waals surface area contributed by atoms with Crippen molar-refractivity contribution in [1.29, 1.82) is 5.26 Å². The van der Waals surface area contributed by atoms with E-state index in [9.17, 15) is 0 Å². The van der Waals surface area contributed by atoms with Gasteiger partial charge >= 0.3 is 0 Å². The molecule has 2 aromatic rings. The van der Waals surface area contributed by atoms with E-state index in [2.05, 4.69) is 80.3 Å². The van der Waals surface area contributed by atoms with E-state index in [4.69, 9.17) is 16.9 Å². The summed E-state index contributed by atoms with van der Waals surface area (Å²) in [7, 11) is 0. The van der Waals surface area contributed by atoms with Crippen molar-refractivity contribution in [2.75, 3.05) is 6.54 Å². The van der Waals surface area contributed by atoms with Gasteiger partial charge in [0.25, 0.3) is 0 Å². The summed E-state index contributed by atoms with van der Waals surface area (Å²) in [5, 5.41) is 7.32. The zero-order chi connectivity index (χ0) is 22.0. The van der Waals surface area contributed by atoms with Crippen LogP contribution in [0, 0.1) is 11.3 Å². The third-order valence-electron chi connectivity index (χ3n) is 6.03. The fraction of sp³-hybridized carbons (Fsp3) is 0.519. The Bertz CT molecular complexity index is 773. The fourth-order valence-electron chi connectivity index (χ4n) is 4.07. The van der Waals surface area contributed by atoms with Gasteiger partial charge in [-0.25, -0.2) is 0 Å². The molecule has 1 aliphatic rings. The molecule has 0 aromatic heterocycles. The van der Waals surface area contributed by atoms with E-state index in [0.29, 0.717) is 12.1 Å². The van der Waals surface area contributed by atoms with Crippen LogP contribution in [0.5, 0.6) is 0 Å². The van der Waals surface area contributed by atoms with Gasteiger partial charge < -0.3 is 0 Å². The first-order valence-electron chi connectivity index (χ1n) is 11.3. The van der Waals surface area contributed by atoms with Crippen LogP contribution in [0.15, 0.2) is 54.6 Å². The zero-order valence-electron chi connectivity index (χ0n) is 19.1. The van der Waals surface area contributed by atoms with Crippen molar-refractivity contribution < 1.29 is 0 Å². The molecular weight excluding hydrogens is 388 g/mol. The van der Waals surface area contributed by atoms with Gasteiger partial charge in [-0.2, -0.15) is 5.26 Å². The van der Waals surface area contributed by atoms with E-state index in [-0.39, 0.29) is 4.87 Å². The van der Waals surface area contributed by atoms with Crippen LogP contribution in [0.1, 0.15) is 70.1 Å². The second-order valence-corrected chi connectivity index (χ2v) is 9.28. The first-order valence-corrected chi connectivity index (χ1v) is 11.7. The number of rotatable bonds is 10. The Kier molecular flexibility index (Phi) is 9.89. The van der Waals surface area contributed by atoms with Crippen molar-refractivity contribution in [3.8, 4) is 6.07 Å². The first-order chi connectivity index (χ1) is 14.4. The number of alkyl halides is 1. The molecule has 2 nitrogen and oxygen atoms in total. The highest BCUT2D eigenvalue weighted by Crippen LogP contribution is 2.51. The lowest BCUT2D eigenvalue weighted by molar-refractivity contribution is 0.143. The Morgan fingerprint density at radius 1 is 1.00 bits per heavy atom. The van der Waals surface area contributed by atoms with Gasteiger partial charge in [0.15, 0.2) is 0 Å². The summed E-state index contributed by atoms with van der Waals surface area (Å²) >= 11 is 6.53. The molecular formula is C27H37ClN2. The first kappa shape index (κ1) is 24.4. The minimum absolute atomic E-state index is 0.0453. The molecule has 0 saturated heterocycles. The third kappa shape index (κ3) is 7.46. The van der Waals surface area contributed by atoms with Crippen LogP contribution < -0.4 is 0 Å². The van der Waals surface area contributed by atoms with Crippen LogP contribution in [-0.2, 0) is 17.7 Å². The summed E-state index contributed by atoms with van der Waals surface area (Å²) in [6.07, 6.45) is 6.93. The topological polar surface area (TPSA) is 27.0 Å². The van der Waals surface area contributed by atoms with Gasteiger partial charge in [-0.05, 0) is 69.1 Å². The van der Waals surface area contributed by atoms with Gasteiger partial charge in [0.2, 0.25) is 0 Å². The average molecular weight is 425 g/mol. The monoisotopic (exact) mass is 424 g/mol. The minimum atomic E-state index is -0.0453. The standard InChI is InChI=1S/C25H34ClN.C2H3N/c1-4-24(27(20(2)3)19-16-21-8-6-5-7-9-21)15-12-22-10-13-23(14-11-22)25(26)17-18-25;1-2-3/h5-11,13-14,20,24H,4,12,15-19H2,1-3H3;1H3. The lowest BCUT2D eigenvalue weighted by atomic mass is 9.99. The molecule has 162 valence electrons. The number of nitriles is 1. The Labute approximate surface area is 188 Å². The normalized spacial score (nSPS) is 15.3. The van der Waals surface area contributed by atoms with Crippen LogP contribution in [-0.4, -0.2) is 23.5 Å². The van der Waals surface area contributed by atoms with Gasteiger partial charge in [0.05, 0.1) is 10.9 Å². The van der Waals surface area contributed by atoms with Crippen molar-refractivity contribution in [3.05, 3.63) is 71.3 Å². The largest absolute Gasteiger partial charge is 0.298 e. The van der Waals surface area contributed by atoms with Crippen LogP contribution in [0.3, 0.4) is 0 Å². The van der Waals surface area contributed by atoms with Gasteiger partial charge in [0, 0.05) is 25.6 Å². The highest BCUT2D eigenvalue weighted by atomic mass is 35.5. The molecule has 1 fully saturated rings. The summed E-state index contributed by atoms with van der Waals surface area (Å²) in [5.41, 5.74) is 4.17. The van der Waals surface area contributed by atoms with Crippen molar-refractivity contribution in [1.82, 2.24) is 4.90 Å². The summed E-state index contributed by atoms with van der Waals surface area (Å²) in [6.45, 7) is 9.56. The number of aryl methyl sites for hydroxylation is 1. The number of halogens is 1. The van der Waals surface area contributed by atoms with Crippen molar-refractivity contribution in [2.24, 2.45) is 0 Å². The van der Waals surface area contributed by atoms with Crippen LogP contribution in [0.2, 0.25) is 0 Å². The third-order valence-corrected chi connectivity index (χ3v) is 6.63. The molecule has 30 heavy (non-hydrogen) atoms. The minimum Gasteiger partial charge on any atom is -0.298 e.